The van der Waals surface area contributed by atoms with Crippen LogP contribution in [0.5, 0.6) is 0 Å². The lowest BCUT2D eigenvalue weighted by Gasteiger charge is -2.24. The Labute approximate surface area is 119 Å². The molecule has 1 aliphatic rings. The van der Waals surface area contributed by atoms with Crippen molar-refractivity contribution in [2.45, 2.75) is 45.9 Å². The number of hydrogen-bond acceptors (Lipinski definition) is 4. The highest BCUT2D eigenvalue weighted by Gasteiger charge is 2.31. The number of nitrogens with one attached hydrogen (secondary N) is 1. The zero-order valence-corrected chi connectivity index (χ0v) is 12.6. The maximum absolute atomic E-state index is 12.4. The Morgan fingerprint density at radius 1 is 1.55 bits per heavy atom. The third-order valence-corrected chi connectivity index (χ3v) is 3.50. The van der Waals surface area contributed by atoms with Crippen LogP contribution in [0.15, 0.2) is 0 Å². The van der Waals surface area contributed by atoms with E-state index in [1.54, 1.807) is 11.8 Å². The van der Waals surface area contributed by atoms with Crippen molar-refractivity contribution in [1.82, 2.24) is 15.1 Å². The minimum Gasteiger partial charge on any atom is -0.383 e. The normalized spacial score (nSPS) is 21.6. The largest absolute Gasteiger partial charge is 0.383 e. The molecular formula is C14H23N3O3. The second-order valence-corrected chi connectivity index (χ2v) is 5.07. The third-order valence-electron chi connectivity index (χ3n) is 3.50. The van der Waals surface area contributed by atoms with Gasteiger partial charge in [0, 0.05) is 32.2 Å². The van der Waals surface area contributed by atoms with Crippen LogP contribution in [-0.2, 0) is 22.4 Å². The van der Waals surface area contributed by atoms with E-state index in [9.17, 15) is 4.79 Å². The fraction of sp³-hybridized carbons (Fsp3) is 0.714. The Bertz CT molecular complexity index is 484. The molecule has 2 atom stereocenters. The molecule has 20 heavy (non-hydrogen) atoms. The highest BCUT2D eigenvalue weighted by molar-refractivity contribution is 5.94. The second-order valence-electron chi connectivity index (χ2n) is 5.07. The average molecular weight is 281 g/mol. The highest BCUT2D eigenvalue weighted by Crippen LogP contribution is 2.31. The van der Waals surface area contributed by atoms with Gasteiger partial charge in [-0.25, -0.2) is 0 Å². The van der Waals surface area contributed by atoms with Gasteiger partial charge < -0.3 is 14.8 Å². The van der Waals surface area contributed by atoms with Gasteiger partial charge in [0.05, 0.1) is 24.5 Å². The fourth-order valence-electron chi connectivity index (χ4n) is 2.63. The molecule has 1 aliphatic heterocycles. The first-order valence-electron chi connectivity index (χ1n) is 7.10. The van der Waals surface area contributed by atoms with Crippen molar-refractivity contribution in [3.63, 3.8) is 0 Å². The summed E-state index contributed by atoms with van der Waals surface area (Å²) >= 11 is 0. The third kappa shape index (κ3) is 2.86. The summed E-state index contributed by atoms with van der Waals surface area (Å²) in [5.41, 5.74) is 2.58. The van der Waals surface area contributed by atoms with Gasteiger partial charge in [-0.1, -0.05) is 0 Å². The Kier molecular flexibility index (Phi) is 4.77. The molecule has 0 bridgehead atoms. The number of nitrogens with zero attached hydrogens (tertiary/aromatic N) is 2. The summed E-state index contributed by atoms with van der Waals surface area (Å²) < 4.78 is 12.5. The standard InChI is InChI=1S/C14H23N3O3/c1-5-17-13(14(18)15-6-7-19-4)11-8-9(2)20-10(3)12(11)16-17/h9-10H,5-8H2,1-4H3,(H,15,18)/t9-,10+/m0/s1. The molecule has 0 aliphatic carbocycles. The van der Waals surface area contributed by atoms with E-state index in [-0.39, 0.29) is 18.1 Å². The van der Waals surface area contributed by atoms with E-state index in [0.717, 1.165) is 17.7 Å². The molecule has 0 spiro atoms. The zero-order valence-electron chi connectivity index (χ0n) is 12.6. The molecule has 0 aromatic carbocycles. The van der Waals surface area contributed by atoms with E-state index in [2.05, 4.69) is 10.4 Å². The lowest BCUT2D eigenvalue weighted by atomic mass is 9.99. The Balaban J connectivity index is 2.29. The fourth-order valence-corrected chi connectivity index (χ4v) is 2.63. The van der Waals surface area contributed by atoms with Crippen molar-refractivity contribution >= 4 is 5.91 Å². The van der Waals surface area contributed by atoms with Gasteiger partial charge in [-0.15, -0.1) is 0 Å². The summed E-state index contributed by atoms with van der Waals surface area (Å²) in [5.74, 6) is -0.0843. The number of methoxy groups -OCH3 is 1. The van der Waals surface area contributed by atoms with E-state index in [0.29, 0.717) is 25.4 Å². The number of aromatic nitrogens is 2. The van der Waals surface area contributed by atoms with Crippen LogP contribution in [0.2, 0.25) is 0 Å². The molecule has 6 nitrogen and oxygen atoms in total. The van der Waals surface area contributed by atoms with Gasteiger partial charge in [-0.05, 0) is 20.8 Å². The lowest BCUT2D eigenvalue weighted by Crippen LogP contribution is -2.31. The molecule has 112 valence electrons. The number of fused-ring (bicyclic) bond motifs is 1. The Morgan fingerprint density at radius 2 is 2.30 bits per heavy atom. The SMILES string of the molecule is CCn1nc2c(c1C(=O)NCCOC)C[C@H](C)O[C@@H]2C. The van der Waals surface area contributed by atoms with Gasteiger partial charge >= 0.3 is 0 Å². The van der Waals surface area contributed by atoms with Gasteiger partial charge in [0.15, 0.2) is 0 Å². The van der Waals surface area contributed by atoms with Crippen molar-refractivity contribution in [2.24, 2.45) is 0 Å². The monoisotopic (exact) mass is 281 g/mol. The summed E-state index contributed by atoms with van der Waals surface area (Å²) in [5, 5.41) is 7.41. The van der Waals surface area contributed by atoms with Crippen LogP contribution in [0.1, 0.15) is 48.6 Å². The van der Waals surface area contributed by atoms with Crippen molar-refractivity contribution in [3.8, 4) is 0 Å². The number of amides is 1. The van der Waals surface area contributed by atoms with Gasteiger partial charge in [0.25, 0.3) is 5.91 Å². The highest BCUT2D eigenvalue weighted by atomic mass is 16.5. The van der Waals surface area contributed by atoms with Crippen LogP contribution in [0.4, 0.5) is 0 Å². The second kappa shape index (κ2) is 6.37. The Hall–Kier alpha value is -1.40. The number of hydrogen-bond donors (Lipinski definition) is 1. The molecular weight excluding hydrogens is 258 g/mol. The van der Waals surface area contributed by atoms with Crippen molar-refractivity contribution in [1.29, 1.82) is 0 Å². The van der Waals surface area contributed by atoms with Gasteiger partial charge in [-0.3, -0.25) is 9.48 Å². The molecule has 0 fully saturated rings. The van der Waals surface area contributed by atoms with Crippen LogP contribution in [-0.4, -0.2) is 42.1 Å². The van der Waals surface area contributed by atoms with Gasteiger partial charge in [0.1, 0.15) is 5.69 Å². The first-order valence-corrected chi connectivity index (χ1v) is 7.10. The molecule has 0 unspecified atom stereocenters. The number of carbonyl (C=O) groups excluding carboxylic acids is 1. The summed E-state index contributed by atoms with van der Waals surface area (Å²) in [7, 11) is 1.62. The van der Waals surface area contributed by atoms with E-state index < -0.39 is 0 Å². The maximum atomic E-state index is 12.4. The van der Waals surface area contributed by atoms with E-state index in [1.807, 2.05) is 20.8 Å². The summed E-state index contributed by atoms with van der Waals surface area (Å²) in [6.07, 6.45) is 0.775. The minimum atomic E-state index is -0.0843. The molecule has 0 saturated carbocycles. The topological polar surface area (TPSA) is 65.4 Å². The molecule has 6 heteroatoms. The van der Waals surface area contributed by atoms with Gasteiger partial charge in [0.2, 0.25) is 0 Å². The zero-order chi connectivity index (χ0) is 14.7. The Morgan fingerprint density at radius 3 is 2.95 bits per heavy atom. The van der Waals surface area contributed by atoms with Crippen LogP contribution in [0, 0.1) is 0 Å². The van der Waals surface area contributed by atoms with Crippen molar-refractivity contribution in [2.75, 3.05) is 20.3 Å². The van der Waals surface area contributed by atoms with E-state index in [4.69, 9.17) is 9.47 Å². The van der Waals surface area contributed by atoms with Crippen LogP contribution in [0.3, 0.4) is 0 Å². The van der Waals surface area contributed by atoms with Crippen LogP contribution < -0.4 is 5.32 Å². The predicted molar refractivity (Wildman–Crippen MR) is 74.8 cm³/mol. The first-order chi connectivity index (χ1) is 9.58. The number of rotatable bonds is 5. The molecule has 0 saturated heterocycles. The maximum Gasteiger partial charge on any atom is 0.269 e. The molecule has 1 aromatic heterocycles. The minimum absolute atomic E-state index is 0.0629. The molecule has 1 aromatic rings. The van der Waals surface area contributed by atoms with Crippen molar-refractivity contribution < 1.29 is 14.3 Å². The van der Waals surface area contributed by atoms with Gasteiger partial charge in [-0.2, -0.15) is 5.10 Å². The molecule has 2 heterocycles. The summed E-state index contributed by atoms with van der Waals surface area (Å²) in [6.45, 7) is 7.66. The van der Waals surface area contributed by atoms with E-state index >= 15 is 0 Å². The quantitative estimate of drug-likeness (QED) is 0.826. The number of aryl methyl sites for hydroxylation is 1. The average Bonchev–Trinajstić information content (AvgIpc) is 2.77. The lowest BCUT2D eigenvalue weighted by molar-refractivity contribution is -0.00712. The molecule has 2 rings (SSSR count). The summed E-state index contributed by atoms with van der Waals surface area (Å²) in [4.78, 5) is 12.4. The number of carbonyl (C=O) groups is 1. The van der Waals surface area contributed by atoms with Crippen LogP contribution >= 0.6 is 0 Å². The molecule has 1 amide bonds. The first kappa shape index (κ1) is 15.0. The van der Waals surface area contributed by atoms with E-state index in [1.165, 1.54) is 0 Å². The molecule has 1 N–H and O–H groups in total. The van der Waals surface area contributed by atoms with Crippen LogP contribution in [0.25, 0.3) is 0 Å². The predicted octanol–water partition coefficient (Wildman–Crippen LogP) is 1.30. The summed E-state index contributed by atoms with van der Waals surface area (Å²) in [6, 6.07) is 0. The smallest absolute Gasteiger partial charge is 0.269 e. The number of ether oxygens (including phenoxy) is 2. The molecule has 0 radical (unpaired) electrons. The van der Waals surface area contributed by atoms with Crippen molar-refractivity contribution in [3.05, 3.63) is 17.0 Å².